The summed E-state index contributed by atoms with van der Waals surface area (Å²) in [4.78, 5) is 29.7. The third kappa shape index (κ3) is 6.13. The van der Waals surface area contributed by atoms with Gasteiger partial charge in [0.05, 0.1) is 10.8 Å². The van der Waals surface area contributed by atoms with Gasteiger partial charge in [-0.15, -0.1) is 0 Å². The van der Waals surface area contributed by atoms with Crippen LogP contribution >= 0.6 is 0 Å². The average molecular weight is 479 g/mol. The van der Waals surface area contributed by atoms with Crippen LogP contribution in [0.3, 0.4) is 0 Å². The van der Waals surface area contributed by atoms with Gasteiger partial charge in [-0.2, -0.15) is 4.31 Å². The molecule has 2 aliphatic rings. The van der Waals surface area contributed by atoms with Crippen LogP contribution in [0, 0.1) is 5.92 Å². The summed E-state index contributed by atoms with van der Waals surface area (Å²) in [5.74, 6) is -0.544. The lowest BCUT2D eigenvalue weighted by Crippen LogP contribution is -2.46. The van der Waals surface area contributed by atoms with E-state index in [1.807, 2.05) is 0 Å². The van der Waals surface area contributed by atoms with Crippen LogP contribution < -0.4 is 10.2 Å². The molecule has 0 bridgehead atoms. The van der Waals surface area contributed by atoms with Crippen LogP contribution in [0.2, 0.25) is 0 Å². The zero-order valence-corrected chi connectivity index (χ0v) is 20.9. The quantitative estimate of drug-likeness (QED) is 0.558. The molecule has 1 aromatic carbocycles. The van der Waals surface area contributed by atoms with Crippen molar-refractivity contribution in [3.05, 3.63) is 24.3 Å². The monoisotopic (exact) mass is 478 g/mol. The number of carbonyl (C=O) groups excluding carboxylic acids is 2. The van der Waals surface area contributed by atoms with E-state index in [0.717, 1.165) is 32.5 Å². The van der Waals surface area contributed by atoms with E-state index in [4.69, 9.17) is 0 Å². The number of carbonyl (C=O) groups is 2. The van der Waals surface area contributed by atoms with Crippen molar-refractivity contribution in [1.29, 1.82) is 0 Å². The largest absolute Gasteiger partial charge is 0.353 e. The van der Waals surface area contributed by atoms with Gasteiger partial charge in [0.2, 0.25) is 21.8 Å². The Bertz CT molecular complexity index is 907. The van der Waals surface area contributed by atoms with Crippen LogP contribution in [-0.4, -0.2) is 74.7 Å². The molecule has 1 N–H and O–H groups in total. The van der Waals surface area contributed by atoms with Gasteiger partial charge in [0.15, 0.2) is 0 Å². The summed E-state index contributed by atoms with van der Waals surface area (Å²) in [5, 5.41) is 3.16. The van der Waals surface area contributed by atoms with Gasteiger partial charge in [-0.25, -0.2) is 8.42 Å². The highest BCUT2D eigenvalue weighted by molar-refractivity contribution is 7.89. The molecule has 0 saturated carbocycles. The number of nitrogens with zero attached hydrogens (tertiary/aromatic N) is 3. The molecule has 0 radical (unpaired) electrons. The van der Waals surface area contributed by atoms with Gasteiger partial charge in [-0.1, -0.05) is 27.2 Å². The minimum absolute atomic E-state index is 0.0569. The van der Waals surface area contributed by atoms with Crippen molar-refractivity contribution in [3.63, 3.8) is 0 Å². The molecule has 2 amide bonds. The molecular weight excluding hydrogens is 440 g/mol. The first-order valence-corrected chi connectivity index (χ1v) is 13.7. The van der Waals surface area contributed by atoms with Crippen molar-refractivity contribution in [2.45, 2.75) is 63.8 Å². The summed E-state index contributed by atoms with van der Waals surface area (Å²) in [5.41, 5.74) is 0.623. The first kappa shape index (κ1) is 25.6. The zero-order valence-electron chi connectivity index (χ0n) is 20.1. The number of nitrogens with one attached hydrogen (secondary N) is 1. The number of hydrogen-bond acceptors (Lipinski definition) is 5. The Kier molecular flexibility index (Phi) is 8.89. The standard InChI is InChI=1S/C24H38N4O4S/c1-4-7-14-26-15-12-20(13-16-26)25-24(30)19-17-23(29)28(18-19)21-8-10-22(11-9-21)33(31,32)27(5-2)6-3/h8-11,19-20H,4-7,12-18H2,1-3H3,(H,25,30). The van der Waals surface area contributed by atoms with Crippen molar-refractivity contribution >= 4 is 27.5 Å². The van der Waals surface area contributed by atoms with Gasteiger partial charge < -0.3 is 15.1 Å². The maximum atomic E-state index is 12.8. The molecule has 3 rings (SSSR count). The van der Waals surface area contributed by atoms with Crippen molar-refractivity contribution in [3.8, 4) is 0 Å². The van der Waals surface area contributed by atoms with Gasteiger partial charge >= 0.3 is 0 Å². The van der Waals surface area contributed by atoms with Crippen molar-refractivity contribution < 1.29 is 18.0 Å². The van der Waals surface area contributed by atoms with E-state index < -0.39 is 10.0 Å². The molecule has 0 aliphatic carbocycles. The van der Waals surface area contributed by atoms with E-state index in [2.05, 4.69) is 17.1 Å². The van der Waals surface area contributed by atoms with E-state index >= 15 is 0 Å². The number of piperidine rings is 1. The first-order valence-electron chi connectivity index (χ1n) is 12.2. The van der Waals surface area contributed by atoms with Crippen LogP contribution in [0.15, 0.2) is 29.2 Å². The summed E-state index contributed by atoms with van der Waals surface area (Å²) in [6.45, 7) is 10.1. The Morgan fingerprint density at radius 2 is 1.73 bits per heavy atom. The first-order chi connectivity index (χ1) is 15.8. The van der Waals surface area contributed by atoms with E-state index in [1.165, 1.54) is 29.3 Å². The number of rotatable bonds is 10. The molecule has 1 atom stereocenters. The summed E-state index contributed by atoms with van der Waals surface area (Å²) < 4.78 is 26.8. The number of sulfonamides is 1. The minimum Gasteiger partial charge on any atom is -0.353 e. The second kappa shape index (κ2) is 11.4. The molecule has 8 nitrogen and oxygen atoms in total. The lowest BCUT2D eigenvalue weighted by molar-refractivity contribution is -0.127. The van der Waals surface area contributed by atoms with E-state index in [1.54, 1.807) is 30.9 Å². The smallest absolute Gasteiger partial charge is 0.243 e. The molecule has 0 aromatic heterocycles. The van der Waals surface area contributed by atoms with Gasteiger partial charge in [-0.05, 0) is 50.1 Å². The predicted molar refractivity (Wildman–Crippen MR) is 130 cm³/mol. The van der Waals surface area contributed by atoms with Crippen LogP contribution in [0.1, 0.15) is 52.9 Å². The molecule has 2 heterocycles. The molecule has 1 unspecified atom stereocenters. The fourth-order valence-electron chi connectivity index (χ4n) is 4.65. The predicted octanol–water partition coefficient (Wildman–Crippen LogP) is 2.45. The average Bonchev–Trinajstić information content (AvgIpc) is 3.21. The topological polar surface area (TPSA) is 90.0 Å². The maximum Gasteiger partial charge on any atom is 0.243 e. The van der Waals surface area contributed by atoms with Gasteiger partial charge in [0.1, 0.15) is 0 Å². The number of hydrogen-bond donors (Lipinski definition) is 1. The molecule has 0 spiro atoms. The van der Waals surface area contributed by atoms with Gasteiger partial charge in [0, 0.05) is 50.9 Å². The lowest BCUT2D eigenvalue weighted by Gasteiger charge is -2.32. The van der Waals surface area contributed by atoms with E-state index in [-0.39, 0.29) is 35.1 Å². The van der Waals surface area contributed by atoms with Gasteiger partial charge in [0.25, 0.3) is 0 Å². The summed E-state index contributed by atoms with van der Waals surface area (Å²) in [6.07, 6.45) is 4.47. The molecule has 9 heteroatoms. The van der Waals surface area contributed by atoms with Crippen molar-refractivity contribution in [2.24, 2.45) is 5.92 Å². The highest BCUT2D eigenvalue weighted by Crippen LogP contribution is 2.27. The number of unbranched alkanes of at least 4 members (excludes halogenated alkanes) is 1. The molecule has 33 heavy (non-hydrogen) atoms. The van der Waals surface area contributed by atoms with Crippen LogP contribution in [-0.2, 0) is 19.6 Å². The SMILES string of the molecule is CCCCN1CCC(NC(=O)C2CC(=O)N(c3ccc(S(=O)(=O)N(CC)CC)cc3)C2)CC1. The van der Waals surface area contributed by atoms with Gasteiger partial charge in [-0.3, -0.25) is 9.59 Å². The molecule has 184 valence electrons. The van der Waals surface area contributed by atoms with Crippen molar-refractivity contribution in [1.82, 2.24) is 14.5 Å². The van der Waals surface area contributed by atoms with E-state index in [9.17, 15) is 18.0 Å². The zero-order chi connectivity index (χ0) is 24.0. The molecule has 2 fully saturated rings. The fourth-order valence-corrected chi connectivity index (χ4v) is 6.10. The Labute approximate surface area is 198 Å². The normalized spacial score (nSPS) is 20.5. The lowest BCUT2D eigenvalue weighted by atomic mass is 10.0. The van der Waals surface area contributed by atoms with Crippen LogP contribution in [0.25, 0.3) is 0 Å². The molecular formula is C24H38N4O4S. The second-order valence-corrected chi connectivity index (χ2v) is 10.9. The molecule has 2 saturated heterocycles. The molecule has 2 aliphatic heterocycles. The fraction of sp³-hybridized carbons (Fsp3) is 0.667. The minimum atomic E-state index is -3.54. The number of amides is 2. The van der Waals surface area contributed by atoms with Crippen LogP contribution in [0.5, 0.6) is 0 Å². The Balaban J connectivity index is 1.56. The third-order valence-electron chi connectivity index (χ3n) is 6.75. The van der Waals surface area contributed by atoms with Crippen molar-refractivity contribution in [2.75, 3.05) is 44.2 Å². The van der Waals surface area contributed by atoms with E-state index in [0.29, 0.717) is 25.3 Å². The summed E-state index contributed by atoms with van der Waals surface area (Å²) >= 11 is 0. The maximum absolute atomic E-state index is 12.8. The Morgan fingerprint density at radius 1 is 1.09 bits per heavy atom. The third-order valence-corrected chi connectivity index (χ3v) is 8.81. The highest BCUT2D eigenvalue weighted by Gasteiger charge is 2.36. The molecule has 1 aromatic rings. The Hall–Kier alpha value is -1.97. The number of benzene rings is 1. The summed E-state index contributed by atoms with van der Waals surface area (Å²) in [6, 6.07) is 6.55. The summed E-state index contributed by atoms with van der Waals surface area (Å²) in [7, 11) is -3.54. The Morgan fingerprint density at radius 3 is 2.30 bits per heavy atom. The second-order valence-electron chi connectivity index (χ2n) is 8.97. The highest BCUT2D eigenvalue weighted by atomic mass is 32.2. The number of anilines is 1. The number of likely N-dealkylation sites (tertiary alicyclic amines) is 1. The van der Waals surface area contributed by atoms with Crippen LogP contribution in [0.4, 0.5) is 5.69 Å².